The third-order valence-electron chi connectivity index (χ3n) is 5.00. The van der Waals surface area contributed by atoms with Gasteiger partial charge in [0.25, 0.3) is 0 Å². The van der Waals surface area contributed by atoms with E-state index in [2.05, 4.69) is 36.6 Å². The standard InChI is InChI=1S/C22H23FN8O/c1-32-9-7-26-20-11-18(2-5-25-20)29-22-27-6-3-19(30-22)16-10-15(12-24)21(28-13-16)31-8-4-17(23)14-31/h2-3,5-6,10-11,13,17H,4,7-9,14H2,1H3,(H2,25,26,27,29,30)/t17-/m0/s1. The summed E-state index contributed by atoms with van der Waals surface area (Å²) in [5.41, 5.74) is 2.47. The SMILES string of the molecule is COCCNc1cc(Nc2nccc(-c3cnc(N4CC[C@H](F)C4)c(C#N)c3)n2)ccn1. The van der Waals surface area contributed by atoms with E-state index in [1.54, 1.807) is 37.8 Å². The molecule has 3 aromatic rings. The van der Waals surface area contributed by atoms with Gasteiger partial charge in [0.05, 0.1) is 24.4 Å². The van der Waals surface area contributed by atoms with Gasteiger partial charge in [0.15, 0.2) is 0 Å². The van der Waals surface area contributed by atoms with Gasteiger partial charge in [-0.25, -0.2) is 24.3 Å². The number of ether oxygens (including phenoxy) is 1. The number of nitrogens with one attached hydrogen (secondary N) is 2. The molecule has 0 aliphatic carbocycles. The number of pyridine rings is 2. The normalized spacial score (nSPS) is 15.4. The van der Waals surface area contributed by atoms with Crippen molar-refractivity contribution in [3.63, 3.8) is 0 Å². The lowest BCUT2D eigenvalue weighted by molar-refractivity contribution is 0.210. The van der Waals surface area contributed by atoms with E-state index < -0.39 is 6.17 Å². The Kier molecular flexibility index (Phi) is 6.67. The highest BCUT2D eigenvalue weighted by Gasteiger charge is 2.25. The summed E-state index contributed by atoms with van der Waals surface area (Å²) in [5.74, 6) is 1.62. The van der Waals surface area contributed by atoms with Crippen LogP contribution in [0.15, 0.2) is 42.9 Å². The molecular weight excluding hydrogens is 411 g/mol. The minimum Gasteiger partial charge on any atom is -0.383 e. The zero-order valence-corrected chi connectivity index (χ0v) is 17.6. The van der Waals surface area contributed by atoms with Gasteiger partial charge in [-0.3, -0.25) is 0 Å². The van der Waals surface area contributed by atoms with Crippen LogP contribution in [0.5, 0.6) is 0 Å². The lowest BCUT2D eigenvalue weighted by Crippen LogP contribution is -2.22. The molecule has 1 saturated heterocycles. The van der Waals surface area contributed by atoms with Crippen molar-refractivity contribution in [3.8, 4) is 17.3 Å². The molecule has 164 valence electrons. The topological polar surface area (TPSA) is 112 Å². The molecule has 4 rings (SSSR count). The predicted molar refractivity (Wildman–Crippen MR) is 120 cm³/mol. The van der Waals surface area contributed by atoms with Crippen LogP contribution in [0.25, 0.3) is 11.3 Å². The molecule has 32 heavy (non-hydrogen) atoms. The lowest BCUT2D eigenvalue weighted by Gasteiger charge is -2.18. The molecule has 1 aliphatic heterocycles. The number of nitriles is 1. The highest BCUT2D eigenvalue weighted by molar-refractivity contribution is 5.67. The van der Waals surface area contributed by atoms with Gasteiger partial charge in [0.2, 0.25) is 5.95 Å². The van der Waals surface area contributed by atoms with Crippen molar-refractivity contribution in [2.45, 2.75) is 12.6 Å². The van der Waals surface area contributed by atoms with Crippen LogP contribution >= 0.6 is 0 Å². The summed E-state index contributed by atoms with van der Waals surface area (Å²) in [5, 5.41) is 15.9. The number of rotatable bonds is 8. The van der Waals surface area contributed by atoms with E-state index in [0.717, 1.165) is 5.69 Å². The molecule has 2 N–H and O–H groups in total. The van der Waals surface area contributed by atoms with Crippen LogP contribution in [0.1, 0.15) is 12.0 Å². The predicted octanol–water partition coefficient (Wildman–Crippen LogP) is 3.16. The van der Waals surface area contributed by atoms with E-state index in [9.17, 15) is 9.65 Å². The highest BCUT2D eigenvalue weighted by atomic mass is 19.1. The molecular formula is C22H23FN8O. The van der Waals surface area contributed by atoms with E-state index in [-0.39, 0.29) is 6.54 Å². The first-order valence-electron chi connectivity index (χ1n) is 10.2. The molecule has 4 heterocycles. The number of nitrogens with zero attached hydrogens (tertiary/aromatic N) is 6. The number of alkyl halides is 1. The fourth-order valence-corrected chi connectivity index (χ4v) is 3.44. The second-order valence-corrected chi connectivity index (χ2v) is 7.28. The van der Waals surface area contributed by atoms with Gasteiger partial charge in [-0.2, -0.15) is 5.26 Å². The molecule has 1 aliphatic rings. The van der Waals surface area contributed by atoms with Crippen molar-refractivity contribution in [3.05, 3.63) is 48.4 Å². The molecule has 0 unspecified atom stereocenters. The summed E-state index contributed by atoms with van der Waals surface area (Å²) < 4.78 is 18.6. The summed E-state index contributed by atoms with van der Waals surface area (Å²) in [6.07, 6.45) is 4.54. The largest absolute Gasteiger partial charge is 0.383 e. The number of aromatic nitrogens is 4. The molecule has 0 saturated carbocycles. The monoisotopic (exact) mass is 434 g/mol. The van der Waals surface area contributed by atoms with Crippen LogP contribution in [0, 0.1) is 11.3 Å². The summed E-state index contributed by atoms with van der Waals surface area (Å²) >= 11 is 0. The van der Waals surface area contributed by atoms with E-state index in [1.807, 2.05) is 17.0 Å². The average Bonchev–Trinajstić information content (AvgIpc) is 3.25. The maximum absolute atomic E-state index is 13.6. The Morgan fingerprint density at radius 2 is 2.12 bits per heavy atom. The average molecular weight is 434 g/mol. The number of anilines is 4. The van der Waals surface area contributed by atoms with E-state index in [4.69, 9.17) is 4.74 Å². The van der Waals surface area contributed by atoms with E-state index >= 15 is 0 Å². The van der Waals surface area contributed by atoms with Gasteiger partial charge in [-0.1, -0.05) is 0 Å². The third kappa shape index (κ3) is 5.07. The van der Waals surface area contributed by atoms with Gasteiger partial charge in [-0.05, 0) is 24.6 Å². The van der Waals surface area contributed by atoms with Crippen LogP contribution in [-0.4, -0.2) is 59.5 Å². The summed E-state index contributed by atoms with van der Waals surface area (Å²) in [6, 6.07) is 9.31. The van der Waals surface area contributed by atoms with Gasteiger partial charge in [0.1, 0.15) is 23.9 Å². The molecule has 0 spiro atoms. The fraction of sp³-hybridized carbons (Fsp3) is 0.318. The van der Waals surface area contributed by atoms with Crippen LogP contribution in [0.4, 0.5) is 27.7 Å². The summed E-state index contributed by atoms with van der Waals surface area (Å²) in [6.45, 7) is 2.04. The van der Waals surface area contributed by atoms with Crippen molar-refractivity contribution >= 4 is 23.3 Å². The van der Waals surface area contributed by atoms with E-state index in [1.165, 1.54) is 0 Å². The van der Waals surface area contributed by atoms with Crippen molar-refractivity contribution in [1.82, 2.24) is 19.9 Å². The second kappa shape index (κ2) is 9.98. The fourth-order valence-electron chi connectivity index (χ4n) is 3.44. The number of halogens is 1. The Labute approximate surface area is 185 Å². The van der Waals surface area contributed by atoms with Crippen molar-refractivity contribution in [1.29, 1.82) is 5.26 Å². The molecule has 10 heteroatoms. The van der Waals surface area contributed by atoms with Gasteiger partial charge in [-0.15, -0.1) is 0 Å². The van der Waals surface area contributed by atoms with Crippen LogP contribution in [-0.2, 0) is 4.74 Å². The zero-order chi connectivity index (χ0) is 22.3. The first-order valence-corrected chi connectivity index (χ1v) is 10.2. The summed E-state index contributed by atoms with van der Waals surface area (Å²) in [7, 11) is 1.64. The molecule has 0 radical (unpaired) electrons. The molecule has 0 bridgehead atoms. The second-order valence-electron chi connectivity index (χ2n) is 7.28. The van der Waals surface area contributed by atoms with Crippen molar-refractivity contribution in [2.24, 2.45) is 0 Å². The van der Waals surface area contributed by atoms with Crippen LogP contribution in [0.2, 0.25) is 0 Å². The number of hydrogen-bond donors (Lipinski definition) is 2. The molecule has 1 atom stereocenters. The van der Waals surface area contributed by atoms with E-state index in [0.29, 0.717) is 60.5 Å². The van der Waals surface area contributed by atoms with Crippen molar-refractivity contribution in [2.75, 3.05) is 48.9 Å². The highest BCUT2D eigenvalue weighted by Crippen LogP contribution is 2.27. The van der Waals surface area contributed by atoms with Gasteiger partial charge < -0.3 is 20.3 Å². The molecule has 1 fully saturated rings. The Bertz CT molecular complexity index is 1120. The first-order chi connectivity index (χ1) is 15.7. The Morgan fingerprint density at radius 1 is 1.25 bits per heavy atom. The number of methoxy groups -OCH3 is 1. The molecule has 0 aromatic carbocycles. The molecule has 9 nitrogen and oxygen atoms in total. The Hall–Kier alpha value is -3.84. The molecule has 3 aromatic heterocycles. The lowest BCUT2D eigenvalue weighted by atomic mass is 10.1. The maximum Gasteiger partial charge on any atom is 0.227 e. The summed E-state index contributed by atoms with van der Waals surface area (Å²) in [4.78, 5) is 19.3. The first kappa shape index (κ1) is 21.4. The quantitative estimate of drug-likeness (QED) is 0.516. The minimum absolute atomic E-state index is 0.261. The van der Waals surface area contributed by atoms with Crippen LogP contribution in [0.3, 0.4) is 0 Å². The molecule has 0 amide bonds. The number of hydrogen-bond acceptors (Lipinski definition) is 9. The Balaban J connectivity index is 1.52. The maximum atomic E-state index is 13.6. The van der Waals surface area contributed by atoms with Crippen LogP contribution < -0.4 is 15.5 Å². The van der Waals surface area contributed by atoms with Crippen molar-refractivity contribution < 1.29 is 9.13 Å². The minimum atomic E-state index is -0.887. The van der Waals surface area contributed by atoms with Gasteiger partial charge >= 0.3 is 0 Å². The zero-order valence-electron chi connectivity index (χ0n) is 17.6. The third-order valence-corrected chi connectivity index (χ3v) is 5.00. The Morgan fingerprint density at radius 3 is 2.91 bits per heavy atom. The van der Waals surface area contributed by atoms with Gasteiger partial charge in [0, 0.05) is 56.1 Å². The smallest absolute Gasteiger partial charge is 0.227 e.